The standard InChI is InChI=1S/C32H40FN3O4/c1-21-7-10-23(20-34-21)25-19-26(36-16-14-32(5,6)15-17-36)27(28(30(37)38)40-31(2,3)4)29(35-25)39-18-13-22-8-11-24(33)12-9-22/h7-12,19-20,28H,13-18H2,1-6H3,(H,37,38). The minimum Gasteiger partial charge on any atom is -0.479 e. The average Bonchev–Trinajstić information content (AvgIpc) is 2.88. The number of hydrogen-bond acceptors (Lipinski definition) is 6. The highest BCUT2D eigenvalue weighted by Crippen LogP contribution is 2.42. The highest BCUT2D eigenvalue weighted by molar-refractivity contribution is 5.81. The Kier molecular flexibility index (Phi) is 8.78. The second-order valence-corrected chi connectivity index (χ2v) is 12.3. The molecule has 1 aromatic carbocycles. The van der Waals surface area contributed by atoms with Gasteiger partial charge in [0.2, 0.25) is 5.88 Å². The molecule has 1 unspecified atom stereocenters. The molecule has 0 radical (unpaired) electrons. The lowest BCUT2D eigenvalue weighted by Crippen LogP contribution is -2.39. The fourth-order valence-corrected chi connectivity index (χ4v) is 4.76. The zero-order valence-corrected chi connectivity index (χ0v) is 24.3. The largest absolute Gasteiger partial charge is 0.479 e. The van der Waals surface area contributed by atoms with Crippen LogP contribution in [0.3, 0.4) is 0 Å². The van der Waals surface area contributed by atoms with Crippen LogP contribution in [0.5, 0.6) is 5.88 Å². The molecule has 1 fully saturated rings. The van der Waals surface area contributed by atoms with Gasteiger partial charge in [0.05, 0.1) is 29.2 Å². The number of anilines is 1. The monoisotopic (exact) mass is 549 g/mol. The van der Waals surface area contributed by atoms with Crippen molar-refractivity contribution in [2.45, 2.75) is 72.5 Å². The lowest BCUT2D eigenvalue weighted by molar-refractivity contribution is -0.160. The van der Waals surface area contributed by atoms with Gasteiger partial charge in [-0.25, -0.2) is 14.2 Å². The van der Waals surface area contributed by atoms with Crippen molar-refractivity contribution in [2.24, 2.45) is 5.41 Å². The number of carboxylic acids is 1. The summed E-state index contributed by atoms with van der Waals surface area (Å²) in [6.07, 6.45) is 2.92. The maximum atomic E-state index is 13.4. The minimum absolute atomic E-state index is 0.204. The minimum atomic E-state index is -1.29. The summed E-state index contributed by atoms with van der Waals surface area (Å²) in [5.41, 5.74) is 3.88. The van der Waals surface area contributed by atoms with Gasteiger partial charge in [-0.2, -0.15) is 0 Å². The number of aromatic nitrogens is 2. The number of halogens is 1. The lowest BCUT2D eigenvalue weighted by atomic mass is 9.82. The highest BCUT2D eigenvalue weighted by atomic mass is 19.1. The molecule has 214 valence electrons. The van der Waals surface area contributed by atoms with Gasteiger partial charge in [-0.05, 0) is 81.8 Å². The van der Waals surface area contributed by atoms with Crippen molar-refractivity contribution < 1.29 is 23.8 Å². The summed E-state index contributed by atoms with van der Waals surface area (Å²) >= 11 is 0. The zero-order valence-electron chi connectivity index (χ0n) is 24.3. The SMILES string of the molecule is Cc1ccc(-c2cc(N3CCC(C)(C)CC3)c(C(OC(C)(C)C)C(=O)O)c(OCCc3ccc(F)cc3)n2)cn1. The number of aryl methyl sites for hydroxylation is 1. The van der Waals surface area contributed by atoms with E-state index < -0.39 is 17.7 Å². The van der Waals surface area contributed by atoms with E-state index in [0.717, 1.165) is 48.4 Å². The Morgan fingerprint density at radius 1 is 1.12 bits per heavy atom. The van der Waals surface area contributed by atoms with Gasteiger partial charge in [0.1, 0.15) is 5.82 Å². The molecule has 1 aliphatic rings. The molecular weight excluding hydrogens is 509 g/mol. The first-order valence-corrected chi connectivity index (χ1v) is 13.8. The Hall–Kier alpha value is -3.52. The van der Waals surface area contributed by atoms with Gasteiger partial charge in [-0.3, -0.25) is 4.98 Å². The number of hydrogen-bond donors (Lipinski definition) is 1. The molecular formula is C32H40FN3O4. The van der Waals surface area contributed by atoms with Crippen LogP contribution < -0.4 is 9.64 Å². The molecule has 1 N–H and O–H groups in total. The fourth-order valence-electron chi connectivity index (χ4n) is 4.76. The van der Waals surface area contributed by atoms with Crippen LogP contribution in [0.1, 0.15) is 70.4 Å². The number of aliphatic carboxylic acids is 1. The van der Waals surface area contributed by atoms with Crippen LogP contribution in [-0.2, 0) is 16.0 Å². The molecule has 0 spiro atoms. The molecule has 7 nitrogen and oxygen atoms in total. The molecule has 2 aromatic heterocycles. The van der Waals surface area contributed by atoms with Crippen LogP contribution in [0.4, 0.5) is 10.1 Å². The van der Waals surface area contributed by atoms with Gasteiger partial charge in [0, 0.05) is 37.0 Å². The smallest absolute Gasteiger partial charge is 0.337 e. The van der Waals surface area contributed by atoms with Crippen LogP contribution >= 0.6 is 0 Å². The van der Waals surface area contributed by atoms with Crippen LogP contribution in [-0.4, -0.2) is 46.3 Å². The lowest BCUT2D eigenvalue weighted by Gasteiger charge is -2.40. The Morgan fingerprint density at radius 2 is 1.80 bits per heavy atom. The van der Waals surface area contributed by atoms with E-state index in [1.54, 1.807) is 18.3 Å². The number of nitrogens with zero attached hydrogens (tertiary/aromatic N) is 3. The maximum Gasteiger partial charge on any atom is 0.337 e. The predicted molar refractivity (Wildman–Crippen MR) is 154 cm³/mol. The number of pyridine rings is 2. The maximum absolute atomic E-state index is 13.4. The Balaban J connectivity index is 1.83. The molecule has 1 atom stereocenters. The Morgan fingerprint density at radius 3 is 2.38 bits per heavy atom. The first kappa shape index (κ1) is 29.5. The second-order valence-electron chi connectivity index (χ2n) is 12.3. The summed E-state index contributed by atoms with van der Waals surface area (Å²) in [6.45, 7) is 13.7. The van der Waals surface area contributed by atoms with Gasteiger partial charge in [-0.15, -0.1) is 0 Å². The third-order valence-electron chi connectivity index (χ3n) is 7.17. The molecule has 0 saturated carbocycles. The van der Waals surface area contributed by atoms with Crippen molar-refractivity contribution in [2.75, 3.05) is 24.6 Å². The summed E-state index contributed by atoms with van der Waals surface area (Å²) in [4.78, 5) is 24.2. The quantitative estimate of drug-likeness (QED) is 0.315. The van der Waals surface area contributed by atoms with Gasteiger partial charge < -0.3 is 19.5 Å². The number of benzene rings is 1. The molecule has 0 aliphatic carbocycles. The van der Waals surface area contributed by atoms with Crippen molar-refractivity contribution in [3.63, 3.8) is 0 Å². The molecule has 3 aromatic rings. The topological polar surface area (TPSA) is 84.8 Å². The summed E-state index contributed by atoms with van der Waals surface area (Å²) in [6, 6.07) is 12.1. The molecule has 40 heavy (non-hydrogen) atoms. The number of rotatable bonds is 9. The molecule has 1 saturated heterocycles. The van der Waals surface area contributed by atoms with E-state index in [1.807, 2.05) is 45.9 Å². The molecule has 1 aliphatic heterocycles. The van der Waals surface area contributed by atoms with E-state index >= 15 is 0 Å². The van der Waals surface area contributed by atoms with Crippen molar-refractivity contribution in [1.82, 2.24) is 9.97 Å². The molecule has 3 heterocycles. The molecule has 4 rings (SSSR count). The summed E-state index contributed by atoms with van der Waals surface area (Å²) < 4.78 is 25.8. The van der Waals surface area contributed by atoms with Crippen LogP contribution in [0, 0.1) is 18.2 Å². The first-order valence-electron chi connectivity index (χ1n) is 13.8. The van der Waals surface area contributed by atoms with Crippen LogP contribution in [0.15, 0.2) is 48.7 Å². The van der Waals surface area contributed by atoms with E-state index in [2.05, 4.69) is 23.7 Å². The molecule has 0 amide bonds. The third kappa shape index (κ3) is 7.56. The van der Waals surface area contributed by atoms with Crippen molar-refractivity contribution in [3.05, 3.63) is 71.3 Å². The summed E-state index contributed by atoms with van der Waals surface area (Å²) in [5.74, 6) is -1.19. The molecule has 0 bridgehead atoms. The van der Waals surface area contributed by atoms with E-state index in [-0.39, 0.29) is 23.7 Å². The van der Waals surface area contributed by atoms with Crippen LogP contribution in [0.25, 0.3) is 11.3 Å². The Bertz CT molecular complexity index is 1310. The normalized spacial score (nSPS) is 16.0. The van der Waals surface area contributed by atoms with Crippen molar-refractivity contribution in [1.29, 1.82) is 0 Å². The van der Waals surface area contributed by atoms with E-state index in [9.17, 15) is 14.3 Å². The highest BCUT2D eigenvalue weighted by Gasteiger charge is 2.36. The van der Waals surface area contributed by atoms with Gasteiger partial charge >= 0.3 is 5.97 Å². The van der Waals surface area contributed by atoms with Gasteiger partial charge in [-0.1, -0.05) is 26.0 Å². The zero-order chi connectivity index (χ0) is 29.1. The molecule has 8 heteroatoms. The predicted octanol–water partition coefficient (Wildman–Crippen LogP) is 6.78. The summed E-state index contributed by atoms with van der Waals surface area (Å²) in [5, 5.41) is 10.4. The fraction of sp³-hybridized carbons (Fsp3) is 0.469. The summed E-state index contributed by atoms with van der Waals surface area (Å²) in [7, 11) is 0. The number of piperidine rings is 1. The number of ether oxygens (including phenoxy) is 2. The van der Waals surface area contributed by atoms with E-state index in [4.69, 9.17) is 14.5 Å². The van der Waals surface area contributed by atoms with E-state index in [1.165, 1.54) is 12.1 Å². The number of carbonyl (C=O) groups is 1. The second kappa shape index (κ2) is 11.9. The van der Waals surface area contributed by atoms with E-state index in [0.29, 0.717) is 17.7 Å². The van der Waals surface area contributed by atoms with Gasteiger partial charge in [0.25, 0.3) is 0 Å². The average molecular weight is 550 g/mol. The first-order chi connectivity index (χ1) is 18.8. The van der Waals surface area contributed by atoms with Crippen molar-refractivity contribution in [3.8, 4) is 17.1 Å². The number of carboxylic acid groups (broad SMARTS) is 1. The third-order valence-corrected chi connectivity index (χ3v) is 7.17. The Labute approximate surface area is 236 Å². The van der Waals surface area contributed by atoms with Crippen molar-refractivity contribution >= 4 is 11.7 Å². The van der Waals surface area contributed by atoms with Gasteiger partial charge in [0.15, 0.2) is 6.10 Å². The van der Waals surface area contributed by atoms with Crippen LogP contribution in [0.2, 0.25) is 0 Å².